The van der Waals surface area contributed by atoms with Gasteiger partial charge < -0.3 is 15.0 Å². The van der Waals surface area contributed by atoms with Crippen LogP contribution in [0.25, 0.3) is 0 Å². The summed E-state index contributed by atoms with van der Waals surface area (Å²) in [5.74, 6) is 0.416. The van der Waals surface area contributed by atoms with Crippen LogP contribution in [0.2, 0.25) is 0 Å². The van der Waals surface area contributed by atoms with Gasteiger partial charge in [-0.3, -0.25) is 9.59 Å². The molecule has 0 aliphatic heterocycles. The van der Waals surface area contributed by atoms with Crippen LogP contribution >= 0.6 is 0 Å². The quantitative estimate of drug-likeness (QED) is 0.718. The van der Waals surface area contributed by atoms with E-state index in [1.165, 1.54) is 6.92 Å². The van der Waals surface area contributed by atoms with Crippen molar-refractivity contribution in [3.63, 3.8) is 0 Å². The minimum Gasteiger partial charge on any atom is -0.489 e. The van der Waals surface area contributed by atoms with Crippen LogP contribution < -0.4 is 15.0 Å². The third-order valence-electron chi connectivity index (χ3n) is 4.44. The monoisotopic (exact) mass is 382 g/mol. The van der Waals surface area contributed by atoms with Gasteiger partial charge >= 0.3 is 0 Å². The normalized spacial score (nSPS) is 10.6. The van der Waals surface area contributed by atoms with Gasteiger partial charge in [-0.05, 0) is 50.5 Å². The number of amides is 2. The van der Waals surface area contributed by atoms with Crippen LogP contribution in [0.5, 0.6) is 5.75 Å². The van der Waals surface area contributed by atoms with Gasteiger partial charge in [-0.1, -0.05) is 37.3 Å². The maximum absolute atomic E-state index is 12.5. The van der Waals surface area contributed by atoms with Gasteiger partial charge in [-0.25, -0.2) is 0 Å². The Morgan fingerprint density at radius 3 is 2.46 bits per heavy atom. The highest BCUT2D eigenvalue weighted by atomic mass is 16.5. The van der Waals surface area contributed by atoms with Crippen LogP contribution in [0.4, 0.5) is 11.4 Å². The number of hydrogen-bond acceptors (Lipinski definition) is 3. The molecule has 0 aliphatic rings. The molecule has 150 valence electrons. The van der Waals surface area contributed by atoms with E-state index in [1.54, 1.807) is 4.90 Å². The second kappa shape index (κ2) is 9.93. The van der Waals surface area contributed by atoms with E-state index >= 15 is 0 Å². The molecule has 0 bridgehead atoms. The molecule has 0 saturated carbocycles. The van der Waals surface area contributed by atoms with Crippen LogP contribution in [0.1, 0.15) is 45.2 Å². The summed E-state index contributed by atoms with van der Waals surface area (Å²) in [7, 11) is 0. The van der Waals surface area contributed by atoms with Crippen molar-refractivity contribution in [1.82, 2.24) is 0 Å². The SMILES string of the molecule is CCc1cccc(C)c1N(CCC(=O)Nc1ccccc1OC(C)C)C(C)=O. The molecule has 0 atom stereocenters. The molecule has 1 N–H and O–H groups in total. The summed E-state index contributed by atoms with van der Waals surface area (Å²) in [5, 5.41) is 2.90. The number of para-hydroxylation sites is 3. The molecular formula is C23H30N2O3. The van der Waals surface area contributed by atoms with Gasteiger partial charge in [0.05, 0.1) is 11.8 Å². The average molecular weight is 383 g/mol. The number of nitrogens with zero attached hydrogens (tertiary/aromatic N) is 1. The second-order valence-corrected chi connectivity index (χ2v) is 7.07. The molecule has 2 aromatic carbocycles. The van der Waals surface area contributed by atoms with E-state index in [1.807, 2.05) is 63.2 Å². The van der Waals surface area contributed by atoms with Gasteiger partial charge in [0.1, 0.15) is 5.75 Å². The van der Waals surface area contributed by atoms with Crippen LogP contribution in [-0.2, 0) is 16.0 Å². The maximum Gasteiger partial charge on any atom is 0.226 e. The van der Waals surface area contributed by atoms with Gasteiger partial charge in [-0.2, -0.15) is 0 Å². The zero-order valence-electron chi connectivity index (χ0n) is 17.4. The summed E-state index contributed by atoms with van der Waals surface area (Å²) in [4.78, 5) is 26.5. The van der Waals surface area contributed by atoms with Crippen molar-refractivity contribution in [2.24, 2.45) is 0 Å². The average Bonchev–Trinajstić information content (AvgIpc) is 2.63. The first-order valence-electron chi connectivity index (χ1n) is 9.75. The van der Waals surface area contributed by atoms with Crippen LogP contribution in [-0.4, -0.2) is 24.5 Å². The summed E-state index contributed by atoms with van der Waals surface area (Å²) in [6, 6.07) is 13.4. The van der Waals surface area contributed by atoms with Crippen LogP contribution in [0.3, 0.4) is 0 Å². The fourth-order valence-corrected chi connectivity index (χ4v) is 3.17. The minimum atomic E-state index is -0.155. The summed E-state index contributed by atoms with van der Waals surface area (Å²) >= 11 is 0. The van der Waals surface area contributed by atoms with Gasteiger partial charge in [0, 0.05) is 25.6 Å². The summed E-state index contributed by atoms with van der Waals surface area (Å²) in [5.41, 5.74) is 3.69. The zero-order valence-corrected chi connectivity index (χ0v) is 17.4. The van der Waals surface area contributed by atoms with Crippen molar-refractivity contribution >= 4 is 23.2 Å². The highest BCUT2D eigenvalue weighted by molar-refractivity contribution is 5.96. The third kappa shape index (κ3) is 5.59. The molecule has 0 aliphatic carbocycles. The number of nitrogens with one attached hydrogen (secondary N) is 1. The number of hydrogen-bond donors (Lipinski definition) is 1. The number of aryl methyl sites for hydroxylation is 2. The minimum absolute atomic E-state index is 0.0137. The van der Waals surface area contributed by atoms with Crippen molar-refractivity contribution in [2.45, 2.75) is 53.6 Å². The smallest absolute Gasteiger partial charge is 0.226 e. The van der Waals surface area contributed by atoms with Crippen molar-refractivity contribution < 1.29 is 14.3 Å². The molecule has 0 saturated heterocycles. The largest absolute Gasteiger partial charge is 0.489 e. The molecule has 28 heavy (non-hydrogen) atoms. The summed E-state index contributed by atoms with van der Waals surface area (Å²) < 4.78 is 5.75. The molecule has 0 aromatic heterocycles. The molecule has 2 aromatic rings. The molecule has 0 fully saturated rings. The fourth-order valence-electron chi connectivity index (χ4n) is 3.17. The highest BCUT2D eigenvalue weighted by Gasteiger charge is 2.18. The number of carbonyl (C=O) groups excluding carboxylic acids is 2. The lowest BCUT2D eigenvalue weighted by Crippen LogP contribution is -2.33. The molecule has 0 spiro atoms. The predicted octanol–water partition coefficient (Wildman–Crippen LogP) is 4.73. The number of rotatable bonds is 8. The van der Waals surface area contributed by atoms with E-state index in [0.29, 0.717) is 18.0 Å². The van der Waals surface area contributed by atoms with E-state index in [0.717, 1.165) is 23.2 Å². The third-order valence-corrected chi connectivity index (χ3v) is 4.44. The number of carbonyl (C=O) groups is 2. The zero-order chi connectivity index (χ0) is 20.7. The molecular weight excluding hydrogens is 352 g/mol. The number of benzene rings is 2. The Balaban J connectivity index is 2.12. The number of ether oxygens (including phenoxy) is 1. The molecule has 0 radical (unpaired) electrons. The summed E-state index contributed by atoms with van der Waals surface area (Å²) in [6.45, 7) is 9.80. The van der Waals surface area contributed by atoms with Crippen molar-refractivity contribution in [3.05, 3.63) is 53.6 Å². The first-order valence-corrected chi connectivity index (χ1v) is 9.75. The van der Waals surface area contributed by atoms with E-state index in [4.69, 9.17) is 4.74 Å². The first kappa shape index (κ1) is 21.5. The Bertz CT molecular complexity index is 830. The molecule has 5 nitrogen and oxygen atoms in total. The van der Waals surface area contributed by atoms with Crippen LogP contribution in [0.15, 0.2) is 42.5 Å². The molecule has 0 heterocycles. The van der Waals surface area contributed by atoms with Crippen molar-refractivity contribution in [3.8, 4) is 5.75 Å². The molecule has 2 rings (SSSR count). The lowest BCUT2D eigenvalue weighted by atomic mass is 10.0. The molecule has 5 heteroatoms. The Labute approximate surface area is 167 Å². The standard InChI is InChI=1S/C23H30N2O3/c1-6-19-11-9-10-17(4)23(19)25(18(5)26)15-14-22(27)24-20-12-7-8-13-21(20)28-16(2)3/h7-13,16H,6,14-15H2,1-5H3,(H,24,27). The van der Waals surface area contributed by atoms with Crippen molar-refractivity contribution in [1.29, 1.82) is 0 Å². The van der Waals surface area contributed by atoms with Gasteiger partial charge in [0.25, 0.3) is 0 Å². The van der Waals surface area contributed by atoms with E-state index in [-0.39, 0.29) is 24.3 Å². The highest BCUT2D eigenvalue weighted by Crippen LogP contribution is 2.27. The van der Waals surface area contributed by atoms with E-state index in [9.17, 15) is 9.59 Å². The predicted molar refractivity (Wildman–Crippen MR) is 114 cm³/mol. The lowest BCUT2D eigenvalue weighted by Gasteiger charge is -2.25. The van der Waals surface area contributed by atoms with Crippen molar-refractivity contribution in [2.75, 3.05) is 16.8 Å². The van der Waals surface area contributed by atoms with Gasteiger partial charge in [0.2, 0.25) is 11.8 Å². The maximum atomic E-state index is 12.5. The Hall–Kier alpha value is -2.82. The van der Waals surface area contributed by atoms with Gasteiger partial charge in [0.15, 0.2) is 0 Å². The topological polar surface area (TPSA) is 58.6 Å². The van der Waals surface area contributed by atoms with Gasteiger partial charge in [-0.15, -0.1) is 0 Å². The fraction of sp³-hybridized carbons (Fsp3) is 0.391. The van der Waals surface area contributed by atoms with E-state index in [2.05, 4.69) is 12.2 Å². The lowest BCUT2D eigenvalue weighted by molar-refractivity contribution is -0.117. The van der Waals surface area contributed by atoms with Crippen LogP contribution in [0, 0.1) is 6.92 Å². The Morgan fingerprint density at radius 1 is 1.11 bits per heavy atom. The Kier molecular flexibility index (Phi) is 7.61. The first-order chi connectivity index (χ1) is 13.3. The summed E-state index contributed by atoms with van der Waals surface area (Å²) in [6.07, 6.45) is 1.04. The Morgan fingerprint density at radius 2 is 1.82 bits per heavy atom. The second-order valence-electron chi connectivity index (χ2n) is 7.07. The number of anilines is 2. The molecule has 2 amide bonds. The molecule has 0 unspecified atom stereocenters. The van der Waals surface area contributed by atoms with E-state index < -0.39 is 0 Å².